The molecule has 3 aromatic heterocycles. The molecule has 0 aliphatic heterocycles. The van der Waals surface area contributed by atoms with Crippen LogP contribution < -0.4 is 4.74 Å². The van der Waals surface area contributed by atoms with E-state index in [0.717, 1.165) is 80.8 Å². The van der Waals surface area contributed by atoms with E-state index in [-0.39, 0.29) is 0 Å². The molecular weight excluding hydrogens is 712 g/mol. The van der Waals surface area contributed by atoms with Crippen LogP contribution in [0.2, 0.25) is 0 Å². The lowest BCUT2D eigenvalue weighted by Crippen LogP contribution is -2.00. The minimum Gasteiger partial charge on any atom is -0.494 e. The van der Waals surface area contributed by atoms with Crippen LogP contribution in [0.15, 0.2) is 92.5 Å². The molecule has 44 heavy (non-hydrogen) atoms. The number of fused-ring (bicyclic) bond motifs is 1. The standard InChI is InChI=1S/C37H34Br2N2OS2/c1-3-4-5-6-7-8-21-42-27-14-10-13-26(23-27)35-34(25-12-9-11-24(2)22-25)40-36-28(30-17-19-32(38)43-30)15-16-29(37(36)41-35)31-18-20-33(39)44-31/h9-20,22-23H,3-8,21H2,1-2H3. The molecule has 0 bridgehead atoms. The molecule has 0 N–H and O–H groups in total. The Hall–Kier alpha value is -2.84. The minimum absolute atomic E-state index is 0.723. The van der Waals surface area contributed by atoms with Crippen LogP contribution in [0.1, 0.15) is 51.0 Å². The Bertz CT molecular complexity index is 1890. The normalized spacial score (nSPS) is 11.4. The smallest absolute Gasteiger partial charge is 0.119 e. The Kier molecular flexibility index (Phi) is 10.3. The lowest BCUT2D eigenvalue weighted by molar-refractivity contribution is 0.304. The Morgan fingerprint density at radius 2 is 1.20 bits per heavy atom. The zero-order valence-electron chi connectivity index (χ0n) is 24.9. The molecule has 0 fully saturated rings. The van der Waals surface area contributed by atoms with Gasteiger partial charge in [0.2, 0.25) is 0 Å². The molecule has 0 radical (unpaired) electrons. The average molecular weight is 747 g/mol. The van der Waals surface area contributed by atoms with Crippen molar-refractivity contribution in [3.63, 3.8) is 0 Å². The van der Waals surface area contributed by atoms with Crippen molar-refractivity contribution in [1.82, 2.24) is 9.97 Å². The Balaban J connectivity index is 1.48. The van der Waals surface area contributed by atoms with Crippen LogP contribution in [0.3, 0.4) is 0 Å². The topological polar surface area (TPSA) is 35.0 Å². The van der Waals surface area contributed by atoms with Gasteiger partial charge in [0.1, 0.15) is 5.75 Å². The molecule has 0 aliphatic rings. The summed E-state index contributed by atoms with van der Waals surface area (Å²) in [7, 11) is 0. The summed E-state index contributed by atoms with van der Waals surface area (Å²) in [5, 5.41) is 0. The van der Waals surface area contributed by atoms with E-state index in [2.05, 4.69) is 125 Å². The van der Waals surface area contributed by atoms with Gasteiger partial charge in [-0.3, -0.25) is 0 Å². The number of hydrogen-bond donors (Lipinski definition) is 0. The van der Waals surface area contributed by atoms with E-state index in [1.54, 1.807) is 22.7 Å². The number of unbranched alkanes of at least 4 members (excludes halogenated alkanes) is 5. The maximum atomic E-state index is 6.25. The van der Waals surface area contributed by atoms with E-state index < -0.39 is 0 Å². The molecule has 6 aromatic rings. The predicted molar refractivity (Wildman–Crippen MR) is 196 cm³/mol. The van der Waals surface area contributed by atoms with Crippen LogP contribution in [-0.4, -0.2) is 16.6 Å². The molecule has 7 heteroatoms. The second kappa shape index (κ2) is 14.5. The monoisotopic (exact) mass is 744 g/mol. The van der Waals surface area contributed by atoms with Crippen molar-refractivity contribution in [2.45, 2.75) is 52.4 Å². The van der Waals surface area contributed by atoms with Crippen LogP contribution in [0, 0.1) is 6.92 Å². The Labute approximate surface area is 284 Å². The van der Waals surface area contributed by atoms with Gasteiger partial charge in [0, 0.05) is 32.0 Å². The highest BCUT2D eigenvalue weighted by Crippen LogP contribution is 2.43. The van der Waals surface area contributed by atoms with Crippen molar-refractivity contribution in [2.75, 3.05) is 6.61 Å². The summed E-state index contributed by atoms with van der Waals surface area (Å²) in [4.78, 5) is 13.2. The number of benzene rings is 3. The molecule has 3 nitrogen and oxygen atoms in total. The summed E-state index contributed by atoms with van der Waals surface area (Å²) in [5.74, 6) is 0.868. The molecule has 0 saturated heterocycles. The molecule has 6 rings (SSSR count). The number of rotatable bonds is 12. The second-order valence-corrected chi connectivity index (χ2v) is 15.9. The maximum absolute atomic E-state index is 6.25. The molecule has 3 aromatic carbocycles. The van der Waals surface area contributed by atoms with Crippen molar-refractivity contribution < 1.29 is 4.74 Å². The van der Waals surface area contributed by atoms with E-state index in [1.807, 2.05) is 6.07 Å². The molecule has 0 aliphatic carbocycles. The zero-order chi connectivity index (χ0) is 30.5. The molecule has 0 saturated carbocycles. The van der Waals surface area contributed by atoms with Gasteiger partial charge in [0.05, 0.1) is 36.6 Å². The first-order chi connectivity index (χ1) is 21.5. The van der Waals surface area contributed by atoms with E-state index in [0.29, 0.717) is 0 Å². The summed E-state index contributed by atoms with van der Waals surface area (Å²) in [6, 6.07) is 29.8. The third-order valence-corrected chi connectivity index (χ3v) is 11.0. The van der Waals surface area contributed by atoms with Gasteiger partial charge in [-0.05, 0) is 87.7 Å². The fourth-order valence-electron chi connectivity index (χ4n) is 5.45. The van der Waals surface area contributed by atoms with Gasteiger partial charge in [-0.2, -0.15) is 0 Å². The number of thiophene rings is 2. The number of aryl methyl sites for hydroxylation is 1. The molecule has 224 valence electrons. The first-order valence-electron chi connectivity index (χ1n) is 15.2. The van der Waals surface area contributed by atoms with Gasteiger partial charge in [-0.15, -0.1) is 22.7 Å². The van der Waals surface area contributed by atoms with Gasteiger partial charge in [0.15, 0.2) is 0 Å². The van der Waals surface area contributed by atoms with Gasteiger partial charge in [-0.1, -0.05) is 87.1 Å². The Morgan fingerprint density at radius 1 is 0.636 bits per heavy atom. The van der Waals surface area contributed by atoms with E-state index >= 15 is 0 Å². The van der Waals surface area contributed by atoms with Crippen LogP contribution in [-0.2, 0) is 0 Å². The molecule has 0 spiro atoms. The molecular formula is C37H34Br2N2OS2. The summed E-state index contributed by atoms with van der Waals surface area (Å²) < 4.78 is 8.43. The third-order valence-electron chi connectivity index (χ3n) is 7.67. The molecule has 0 amide bonds. The van der Waals surface area contributed by atoms with Crippen molar-refractivity contribution in [1.29, 1.82) is 0 Å². The number of hydrogen-bond acceptors (Lipinski definition) is 5. The molecule has 0 unspecified atom stereocenters. The highest BCUT2D eigenvalue weighted by molar-refractivity contribution is 9.11. The fourth-order valence-corrected chi connectivity index (χ4v) is 8.28. The molecule has 0 atom stereocenters. The minimum atomic E-state index is 0.723. The first kappa shape index (κ1) is 31.2. The van der Waals surface area contributed by atoms with Crippen LogP contribution >= 0.6 is 54.5 Å². The van der Waals surface area contributed by atoms with Crippen LogP contribution in [0.4, 0.5) is 0 Å². The summed E-state index contributed by atoms with van der Waals surface area (Å²) in [6.45, 7) is 5.10. The van der Waals surface area contributed by atoms with Gasteiger partial charge >= 0.3 is 0 Å². The van der Waals surface area contributed by atoms with Gasteiger partial charge in [0.25, 0.3) is 0 Å². The van der Waals surface area contributed by atoms with Crippen molar-refractivity contribution in [3.05, 3.63) is 98.1 Å². The van der Waals surface area contributed by atoms with E-state index in [1.165, 1.54) is 37.7 Å². The number of halogens is 2. The quantitative estimate of drug-likeness (QED) is 0.117. The van der Waals surface area contributed by atoms with Gasteiger partial charge < -0.3 is 4.74 Å². The third kappa shape index (κ3) is 7.17. The van der Waals surface area contributed by atoms with Crippen molar-refractivity contribution in [2.24, 2.45) is 0 Å². The largest absolute Gasteiger partial charge is 0.494 e. The SMILES string of the molecule is CCCCCCCCOc1cccc(-c2nc3c(-c4ccc(Br)s4)ccc(-c4ccc(Br)s4)c3nc2-c2cccc(C)c2)c1. The predicted octanol–water partition coefficient (Wildman–Crippen LogP) is 13.0. The average Bonchev–Trinajstić information content (AvgIpc) is 3.67. The van der Waals surface area contributed by atoms with Crippen LogP contribution in [0.25, 0.3) is 54.4 Å². The van der Waals surface area contributed by atoms with E-state index in [4.69, 9.17) is 14.7 Å². The number of aromatic nitrogens is 2. The zero-order valence-corrected chi connectivity index (χ0v) is 29.7. The number of nitrogens with zero attached hydrogens (tertiary/aromatic N) is 2. The Morgan fingerprint density at radius 3 is 1.77 bits per heavy atom. The van der Waals surface area contributed by atoms with Gasteiger partial charge in [-0.25, -0.2) is 9.97 Å². The van der Waals surface area contributed by atoms with Crippen molar-refractivity contribution >= 4 is 65.6 Å². The van der Waals surface area contributed by atoms with Crippen molar-refractivity contribution in [3.8, 4) is 49.1 Å². The first-order valence-corrected chi connectivity index (χ1v) is 18.4. The fraction of sp³-hybridized carbons (Fsp3) is 0.243. The lowest BCUT2D eigenvalue weighted by Gasteiger charge is -2.16. The second-order valence-electron chi connectivity index (χ2n) is 11.0. The summed E-state index contributed by atoms with van der Waals surface area (Å²) in [5.41, 5.74) is 8.92. The van der Waals surface area contributed by atoms with E-state index in [9.17, 15) is 0 Å². The summed E-state index contributed by atoms with van der Waals surface area (Å²) in [6.07, 6.45) is 7.45. The number of ether oxygens (including phenoxy) is 1. The maximum Gasteiger partial charge on any atom is 0.119 e. The lowest BCUT2D eigenvalue weighted by atomic mass is 9.99. The van der Waals surface area contributed by atoms with Crippen LogP contribution in [0.5, 0.6) is 5.75 Å². The molecule has 3 heterocycles. The summed E-state index contributed by atoms with van der Waals surface area (Å²) >= 11 is 10.7. The highest BCUT2D eigenvalue weighted by Gasteiger charge is 2.20. The highest BCUT2D eigenvalue weighted by atomic mass is 79.9.